The van der Waals surface area contributed by atoms with Crippen LogP contribution in [0.1, 0.15) is 44.6 Å². The van der Waals surface area contributed by atoms with Crippen molar-refractivity contribution in [1.29, 1.82) is 0 Å². The zero-order chi connectivity index (χ0) is 21.8. The number of carbonyl (C=O) groups is 1. The van der Waals surface area contributed by atoms with E-state index in [2.05, 4.69) is 20.6 Å². The number of amides is 1. The van der Waals surface area contributed by atoms with Crippen molar-refractivity contribution in [2.75, 3.05) is 39.3 Å². The predicted octanol–water partition coefficient (Wildman–Crippen LogP) is 3.45. The van der Waals surface area contributed by atoms with Gasteiger partial charge in [0.2, 0.25) is 11.8 Å². The predicted molar refractivity (Wildman–Crippen MR) is 124 cm³/mol. The smallest absolute Gasteiger partial charge is 0.417 e. The maximum Gasteiger partial charge on any atom is 0.417 e. The normalized spacial score (nSPS) is 15.2. The Morgan fingerprint density at radius 3 is 2.74 bits per heavy atom. The van der Waals surface area contributed by atoms with E-state index in [1.807, 2.05) is 11.8 Å². The summed E-state index contributed by atoms with van der Waals surface area (Å²) in [6.07, 6.45) is 0.918. The summed E-state index contributed by atoms with van der Waals surface area (Å²) in [4.78, 5) is 22.1. The molecule has 1 aromatic rings. The minimum Gasteiger partial charge on any atom is -0.476 e. The molecular formula is C20H31F3IN5O2. The molecule has 0 bridgehead atoms. The van der Waals surface area contributed by atoms with Gasteiger partial charge in [0.05, 0.1) is 12.1 Å². The lowest BCUT2D eigenvalue weighted by molar-refractivity contribution is -0.137. The number of aliphatic imine (C=N–C) groups is 1. The number of hydrogen-bond donors (Lipinski definition) is 2. The van der Waals surface area contributed by atoms with Crippen molar-refractivity contribution < 1.29 is 22.7 Å². The molecule has 2 heterocycles. The van der Waals surface area contributed by atoms with Crippen LogP contribution in [0.2, 0.25) is 0 Å². The Morgan fingerprint density at radius 1 is 1.26 bits per heavy atom. The Morgan fingerprint density at radius 2 is 2.06 bits per heavy atom. The Balaban J connectivity index is 0.00000480. The van der Waals surface area contributed by atoms with E-state index in [9.17, 15) is 18.0 Å². The third kappa shape index (κ3) is 10.4. The van der Waals surface area contributed by atoms with Gasteiger partial charge < -0.3 is 20.3 Å². The van der Waals surface area contributed by atoms with Crippen molar-refractivity contribution in [3.63, 3.8) is 0 Å². The SMILES string of the molecule is CCNC(=NCCCN1CCCCCC1=O)NCCOc1ccc(C(F)(F)F)cn1.I. The number of aromatic nitrogens is 1. The molecule has 0 aromatic carbocycles. The third-order valence-electron chi connectivity index (χ3n) is 4.58. The van der Waals surface area contributed by atoms with E-state index in [0.29, 0.717) is 38.6 Å². The van der Waals surface area contributed by atoms with E-state index in [1.165, 1.54) is 6.07 Å². The molecule has 2 rings (SSSR count). The molecule has 0 unspecified atom stereocenters. The van der Waals surface area contributed by atoms with Gasteiger partial charge in [0.25, 0.3) is 0 Å². The number of pyridine rings is 1. The molecule has 1 aliphatic heterocycles. The number of likely N-dealkylation sites (tertiary alicyclic amines) is 1. The topological polar surface area (TPSA) is 78.9 Å². The Labute approximate surface area is 198 Å². The number of guanidine groups is 1. The lowest BCUT2D eigenvalue weighted by Crippen LogP contribution is -2.39. The van der Waals surface area contributed by atoms with Crippen LogP contribution >= 0.6 is 24.0 Å². The first-order valence-electron chi connectivity index (χ1n) is 10.4. The molecular weight excluding hydrogens is 526 g/mol. The van der Waals surface area contributed by atoms with Crippen LogP contribution in [-0.2, 0) is 11.0 Å². The fraction of sp³-hybridized carbons (Fsp3) is 0.650. The van der Waals surface area contributed by atoms with E-state index in [4.69, 9.17) is 4.74 Å². The molecule has 1 saturated heterocycles. The Kier molecular flexibility index (Phi) is 12.6. The van der Waals surface area contributed by atoms with Crippen LogP contribution < -0.4 is 15.4 Å². The summed E-state index contributed by atoms with van der Waals surface area (Å²) in [6, 6.07) is 2.14. The first-order chi connectivity index (χ1) is 14.4. The van der Waals surface area contributed by atoms with Gasteiger partial charge in [0.15, 0.2) is 5.96 Å². The second kappa shape index (κ2) is 14.3. The highest BCUT2D eigenvalue weighted by Crippen LogP contribution is 2.29. The maximum atomic E-state index is 12.5. The van der Waals surface area contributed by atoms with E-state index >= 15 is 0 Å². The maximum absolute atomic E-state index is 12.5. The zero-order valence-corrected chi connectivity index (χ0v) is 20.0. The van der Waals surface area contributed by atoms with Crippen LogP contribution in [0.25, 0.3) is 0 Å². The largest absolute Gasteiger partial charge is 0.476 e. The summed E-state index contributed by atoms with van der Waals surface area (Å²) in [7, 11) is 0. The fourth-order valence-electron chi connectivity index (χ4n) is 3.03. The molecule has 1 amide bonds. The molecule has 11 heteroatoms. The first kappa shape index (κ1) is 27.2. The van der Waals surface area contributed by atoms with Crippen LogP contribution in [0.5, 0.6) is 5.88 Å². The van der Waals surface area contributed by atoms with Crippen molar-refractivity contribution in [3.05, 3.63) is 23.9 Å². The van der Waals surface area contributed by atoms with Gasteiger partial charge in [-0.15, -0.1) is 24.0 Å². The van der Waals surface area contributed by atoms with E-state index in [0.717, 1.165) is 44.5 Å². The molecule has 0 spiro atoms. The van der Waals surface area contributed by atoms with Gasteiger partial charge in [-0.05, 0) is 32.3 Å². The van der Waals surface area contributed by atoms with Crippen LogP contribution in [0, 0.1) is 0 Å². The fourth-order valence-corrected chi connectivity index (χ4v) is 3.03. The van der Waals surface area contributed by atoms with Crippen molar-refractivity contribution in [3.8, 4) is 5.88 Å². The molecule has 7 nitrogen and oxygen atoms in total. The standard InChI is InChI=1S/C20H30F3N5O2.HI/c1-2-24-19(25-10-6-13-28-12-5-3-4-7-18(28)29)26-11-14-30-17-9-8-16(15-27-17)20(21,22)23;/h8-9,15H,2-7,10-14H2,1H3,(H2,24,25,26);1H. The molecule has 1 fully saturated rings. The number of rotatable bonds is 9. The number of ether oxygens (including phenoxy) is 1. The summed E-state index contributed by atoms with van der Waals surface area (Å²) >= 11 is 0. The summed E-state index contributed by atoms with van der Waals surface area (Å²) in [5.41, 5.74) is -0.809. The average Bonchev–Trinajstić information content (AvgIpc) is 2.92. The monoisotopic (exact) mass is 557 g/mol. The van der Waals surface area contributed by atoms with E-state index < -0.39 is 11.7 Å². The molecule has 0 atom stereocenters. The van der Waals surface area contributed by atoms with Gasteiger partial charge in [-0.3, -0.25) is 9.79 Å². The second-order valence-electron chi connectivity index (χ2n) is 6.96. The Bertz CT molecular complexity index is 686. The number of nitrogens with one attached hydrogen (secondary N) is 2. The highest BCUT2D eigenvalue weighted by molar-refractivity contribution is 14.0. The summed E-state index contributed by atoms with van der Waals surface area (Å²) in [5.74, 6) is 0.994. The van der Waals surface area contributed by atoms with Crippen LogP contribution in [-0.4, -0.2) is 61.1 Å². The lowest BCUT2D eigenvalue weighted by Gasteiger charge is -2.20. The average molecular weight is 557 g/mol. The number of alkyl halides is 3. The minimum atomic E-state index is -4.41. The number of nitrogens with zero attached hydrogens (tertiary/aromatic N) is 3. The molecule has 0 aliphatic carbocycles. The van der Waals surface area contributed by atoms with Crippen LogP contribution in [0.15, 0.2) is 23.3 Å². The van der Waals surface area contributed by atoms with Gasteiger partial charge in [0.1, 0.15) is 6.61 Å². The van der Waals surface area contributed by atoms with Gasteiger partial charge in [0, 0.05) is 44.9 Å². The van der Waals surface area contributed by atoms with Crippen LogP contribution in [0.3, 0.4) is 0 Å². The molecule has 0 radical (unpaired) electrons. The van der Waals surface area contributed by atoms with Gasteiger partial charge in [-0.25, -0.2) is 4.98 Å². The number of halogens is 4. The van der Waals surface area contributed by atoms with Crippen LogP contribution in [0.4, 0.5) is 13.2 Å². The van der Waals surface area contributed by atoms with E-state index in [1.54, 1.807) is 0 Å². The molecule has 176 valence electrons. The number of carbonyl (C=O) groups excluding carboxylic acids is 1. The first-order valence-corrected chi connectivity index (χ1v) is 10.4. The van der Waals surface area contributed by atoms with Crippen molar-refractivity contribution in [2.45, 2.75) is 45.2 Å². The molecule has 31 heavy (non-hydrogen) atoms. The molecule has 2 N–H and O–H groups in total. The quantitative estimate of drug-likeness (QED) is 0.211. The molecule has 1 aliphatic rings. The summed E-state index contributed by atoms with van der Waals surface area (Å²) < 4.78 is 42.9. The van der Waals surface area contributed by atoms with Gasteiger partial charge in [-0.2, -0.15) is 13.2 Å². The highest BCUT2D eigenvalue weighted by Gasteiger charge is 2.30. The summed E-state index contributed by atoms with van der Waals surface area (Å²) in [6.45, 7) is 5.42. The molecule has 1 aromatic heterocycles. The van der Waals surface area contributed by atoms with Gasteiger partial charge in [-0.1, -0.05) is 6.42 Å². The van der Waals surface area contributed by atoms with E-state index in [-0.39, 0.29) is 42.4 Å². The lowest BCUT2D eigenvalue weighted by atomic mass is 10.2. The van der Waals surface area contributed by atoms with Crippen molar-refractivity contribution >= 4 is 35.8 Å². The summed E-state index contributed by atoms with van der Waals surface area (Å²) in [5, 5.41) is 6.23. The zero-order valence-electron chi connectivity index (χ0n) is 17.7. The molecule has 0 saturated carbocycles. The Hall–Kier alpha value is -1.79. The van der Waals surface area contributed by atoms with Crippen molar-refractivity contribution in [1.82, 2.24) is 20.5 Å². The minimum absolute atomic E-state index is 0. The van der Waals surface area contributed by atoms with Gasteiger partial charge >= 0.3 is 6.18 Å². The highest BCUT2D eigenvalue weighted by atomic mass is 127. The second-order valence-corrected chi connectivity index (χ2v) is 6.96. The number of hydrogen-bond acceptors (Lipinski definition) is 4. The van der Waals surface area contributed by atoms with Crippen molar-refractivity contribution in [2.24, 2.45) is 4.99 Å². The third-order valence-corrected chi connectivity index (χ3v) is 4.58.